The van der Waals surface area contributed by atoms with Gasteiger partial charge < -0.3 is 15.6 Å². The third-order valence-electron chi connectivity index (χ3n) is 2.80. The van der Waals surface area contributed by atoms with Crippen molar-refractivity contribution in [2.24, 2.45) is 0 Å². The Morgan fingerprint density at radius 2 is 2.16 bits per heavy atom. The number of halogens is 1. The lowest BCUT2D eigenvalue weighted by Gasteiger charge is -2.18. The maximum absolute atomic E-state index is 13.3. The molecule has 0 amide bonds. The van der Waals surface area contributed by atoms with Crippen LogP contribution in [0.4, 0.5) is 21.8 Å². The molecule has 0 saturated carbocycles. The number of H-pyrrole nitrogens is 1. The smallest absolute Gasteiger partial charge is 0.224 e. The summed E-state index contributed by atoms with van der Waals surface area (Å²) >= 11 is 0. The van der Waals surface area contributed by atoms with Gasteiger partial charge in [-0.2, -0.15) is 9.97 Å². The molecule has 0 unspecified atom stereocenters. The fourth-order valence-corrected chi connectivity index (χ4v) is 1.88. The highest BCUT2D eigenvalue weighted by Gasteiger charge is 2.14. The zero-order valence-electron chi connectivity index (χ0n) is 10.1. The third-order valence-corrected chi connectivity index (χ3v) is 2.80. The summed E-state index contributed by atoms with van der Waals surface area (Å²) in [6, 6.07) is 6.22. The molecule has 0 spiro atoms. The first kappa shape index (κ1) is 11.4. The molecule has 2 heterocycles. The summed E-state index contributed by atoms with van der Waals surface area (Å²) in [6.07, 6.45) is 1.52. The van der Waals surface area contributed by atoms with E-state index < -0.39 is 0 Å². The molecule has 0 fully saturated rings. The minimum absolute atomic E-state index is 0.123. The van der Waals surface area contributed by atoms with E-state index in [-0.39, 0.29) is 11.8 Å². The van der Waals surface area contributed by atoms with Gasteiger partial charge in [0.2, 0.25) is 5.95 Å². The molecule has 7 heteroatoms. The maximum atomic E-state index is 13.3. The molecule has 0 aliphatic carbocycles. The van der Waals surface area contributed by atoms with Crippen LogP contribution in [-0.4, -0.2) is 27.0 Å². The molecule has 0 atom stereocenters. The number of benzene rings is 1. The fourth-order valence-electron chi connectivity index (χ4n) is 1.88. The summed E-state index contributed by atoms with van der Waals surface area (Å²) in [7, 11) is 1.77. The highest BCUT2D eigenvalue weighted by Crippen LogP contribution is 2.27. The molecule has 3 aromatic rings. The van der Waals surface area contributed by atoms with Gasteiger partial charge in [0.05, 0.1) is 6.33 Å². The largest absolute Gasteiger partial charge is 0.368 e. The Morgan fingerprint density at radius 1 is 1.32 bits per heavy atom. The normalized spacial score (nSPS) is 10.8. The number of nitrogens with two attached hydrogens (primary N) is 1. The van der Waals surface area contributed by atoms with Crippen molar-refractivity contribution >= 4 is 28.6 Å². The van der Waals surface area contributed by atoms with E-state index in [4.69, 9.17) is 5.73 Å². The molecule has 3 rings (SSSR count). The van der Waals surface area contributed by atoms with Crippen molar-refractivity contribution in [3.63, 3.8) is 0 Å². The molecule has 19 heavy (non-hydrogen) atoms. The van der Waals surface area contributed by atoms with E-state index in [1.54, 1.807) is 24.1 Å². The molecule has 0 saturated heterocycles. The van der Waals surface area contributed by atoms with Gasteiger partial charge in [-0.25, -0.2) is 9.37 Å². The van der Waals surface area contributed by atoms with E-state index >= 15 is 0 Å². The minimum Gasteiger partial charge on any atom is -0.368 e. The lowest BCUT2D eigenvalue weighted by atomic mass is 10.3. The number of aromatic amines is 1. The summed E-state index contributed by atoms with van der Waals surface area (Å²) < 4.78 is 13.3. The van der Waals surface area contributed by atoms with Crippen LogP contribution in [0.2, 0.25) is 0 Å². The van der Waals surface area contributed by atoms with E-state index in [9.17, 15) is 4.39 Å². The van der Waals surface area contributed by atoms with Gasteiger partial charge >= 0.3 is 0 Å². The van der Waals surface area contributed by atoms with Crippen LogP contribution in [0, 0.1) is 5.82 Å². The molecule has 0 aliphatic heterocycles. The number of aromatic nitrogens is 4. The number of hydrogen-bond acceptors (Lipinski definition) is 5. The lowest BCUT2D eigenvalue weighted by molar-refractivity contribution is 0.628. The van der Waals surface area contributed by atoms with Crippen molar-refractivity contribution in [2.45, 2.75) is 0 Å². The number of nitrogens with one attached hydrogen (secondary N) is 1. The van der Waals surface area contributed by atoms with Gasteiger partial charge in [-0.15, -0.1) is 0 Å². The molecule has 3 N–H and O–H groups in total. The lowest BCUT2D eigenvalue weighted by Crippen LogP contribution is -2.13. The Balaban J connectivity index is 2.15. The quantitative estimate of drug-likeness (QED) is 0.732. The van der Waals surface area contributed by atoms with Crippen LogP contribution in [0.3, 0.4) is 0 Å². The average molecular weight is 258 g/mol. The van der Waals surface area contributed by atoms with E-state index in [2.05, 4.69) is 19.9 Å². The first-order valence-electron chi connectivity index (χ1n) is 5.61. The van der Waals surface area contributed by atoms with Crippen LogP contribution in [0.15, 0.2) is 30.6 Å². The van der Waals surface area contributed by atoms with Crippen molar-refractivity contribution in [1.29, 1.82) is 0 Å². The molecule has 1 aromatic carbocycles. The summed E-state index contributed by atoms with van der Waals surface area (Å²) in [5.41, 5.74) is 7.45. The van der Waals surface area contributed by atoms with Crippen molar-refractivity contribution in [2.75, 3.05) is 17.7 Å². The second-order valence-electron chi connectivity index (χ2n) is 4.05. The first-order valence-corrected chi connectivity index (χ1v) is 5.61. The number of imidazole rings is 1. The molecular formula is C12H11FN6. The SMILES string of the molecule is CN(c1cccc(F)c1)c1nc(N)nc2nc[nH]c12. The Morgan fingerprint density at radius 3 is 2.95 bits per heavy atom. The van der Waals surface area contributed by atoms with Gasteiger partial charge in [-0.05, 0) is 18.2 Å². The second kappa shape index (κ2) is 4.20. The van der Waals surface area contributed by atoms with E-state index in [1.807, 2.05) is 0 Å². The van der Waals surface area contributed by atoms with Crippen molar-refractivity contribution < 1.29 is 4.39 Å². The van der Waals surface area contributed by atoms with Crippen LogP contribution in [0.1, 0.15) is 0 Å². The van der Waals surface area contributed by atoms with Gasteiger partial charge in [0.15, 0.2) is 11.5 Å². The standard InChI is InChI=1S/C12H11FN6/c1-19(8-4-2-3-7(13)5-8)11-9-10(16-6-15-9)17-12(14)18-11/h2-6H,1H3,(H3,14,15,16,17,18). The number of nitrogen functional groups attached to an aromatic ring is 1. The second-order valence-corrected chi connectivity index (χ2v) is 4.05. The van der Waals surface area contributed by atoms with Crippen molar-refractivity contribution in [3.8, 4) is 0 Å². The van der Waals surface area contributed by atoms with Gasteiger partial charge in [-0.3, -0.25) is 0 Å². The predicted octanol–water partition coefficient (Wildman–Crippen LogP) is 1.84. The van der Waals surface area contributed by atoms with Crippen molar-refractivity contribution in [1.82, 2.24) is 19.9 Å². The van der Waals surface area contributed by atoms with Crippen molar-refractivity contribution in [3.05, 3.63) is 36.4 Å². The Hall–Kier alpha value is -2.70. The van der Waals surface area contributed by atoms with Crippen LogP contribution in [-0.2, 0) is 0 Å². The molecular weight excluding hydrogens is 247 g/mol. The molecule has 6 nitrogen and oxygen atoms in total. The number of hydrogen-bond donors (Lipinski definition) is 2. The molecule has 0 bridgehead atoms. The zero-order valence-corrected chi connectivity index (χ0v) is 10.1. The average Bonchev–Trinajstić information content (AvgIpc) is 2.85. The highest BCUT2D eigenvalue weighted by molar-refractivity contribution is 5.86. The fraction of sp³-hybridized carbons (Fsp3) is 0.0833. The predicted molar refractivity (Wildman–Crippen MR) is 70.6 cm³/mol. The highest BCUT2D eigenvalue weighted by atomic mass is 19.1. The van der Waals surface area contributed by atoms with E-state index in [0.717, 1.165) is 0 Å². The Labute approximate surface area is 108 Å². The van der Waals surface area contributed by atoms with Gasteiger partial charge in [-0.1, -0.05) is 6.07 Å². The van der Waals surface area contributed by atoms with E-state index in [0.29, 0.717) is 22.7 Å². The Bertz CT molecular complexity index is 738. The van der Waals surface area contributed by atoms with Crippen LogP contribution >= 0.6 is 0 Å². The number of rotatable bonds is 2. The van der Waals surface area contributed by atoms with E-state index in [1.165, 1.54) is 18.5 Å². The number of anilines is 3. The zero-order chi connectivity index (χ0) is 13.4. The molecule has 0 radical (unpaired) electrons. The summed E-state index contributed by atoms with van der Waals surface area (Å²) in [5.74, 6) is 0.357. The summed E-state index contributed by atoms with van der Waals surface area (Å²) in [4.78, 5) is 16.9. The van der Waals surface area contributed by atoms with Crippen LogP contribution in [0.25, 0.3) is 11.2 Å². The molecule has 2 aromatic heterocycles. The Kier molecular flexibility index (Phi) is 2.52. The summed E-state index contributed by atoms with van der Waals surface area (Å²) in [5, 5.41) is 0. The van der Waals surface area contributed by atoms with Gasteiger partial charge in [0.1, 0.15) is 11.3 Å². The first-order chi connectivity index (χ1) is 9.15. The van der Waals surface area contributed by atoms with Gasteiger partial charge in [0.25, 0.3) is 0 Å². The topological polar surface area (TPSA) is 83.7 Å². The molecule has 96 valence electrons. The van der Waals surface area contributed by atoms with Gasteiger partial charge in [0, 0.05) is 12.7 Å². The minimum atomic E-state index is -0.313. The molecule has 0 aliphatic rings. The maximum Gasteiger partial charge on any atom is 0.224 e. The van der Waals surface area contributed by atoms with Crippen LogP contribution in [0.5, 0.6) is 0 Å². The summed E-state index contributed by atoms with van der Waals surface area (Å²) in [6.45, 7) is 0. The number of fused-ring (bicyclic) bond motifs is 1. The van der Waals surface area contributed by atoms with Crippen LogP contribution < -0.4 is 10.6 Å². The monoisotopic (exact) mass is 258 g/mol. The third kappa shape index (κ3) is 1.95. The number of nitrogens with zero attached hydrogens (tertiary/aromatic N) is 4.